The second-order valence-corrected chi connectivity index (χ2v) is 13.4. The third-order valence-corrected chi connectivity index (χ3v) is 11.4. The molecule has 2 aliphatic carbocycles. The number of carbonyl (C=O) groups excluding carboxylic acids is 2. The van der Waals surface area contributed by atoms with Crippen LogP contribution in [-0.2, 0) is 9.53 Å². The van der Waals surface area contributed by atoms with Gasteiger partial charge in [-0.3, -0.25) is 9.69 Å². The number of amides is 1. The molecule has 4 rings (SSSR count). The van der Waals surface area contributed by atoms with Crippen molar-refractivity contribution in [3.05, 3.63) is 0 Å². The van der Waals surface area contributed by atoms with E-state index >= 15 is 0 Å². The van der Waals surface area contributed by atoms with Crippen molar-refractivity contribution in [3.63, 3.8) is 0 Å². The van der Waals surface area contributed by atoms with E-state index in [-0.39, 0.29) is 29.2 Å². The number of unbranched alkanes of at least 4 members (excludes halogenated alkanes) is 5. The highest BCUT2D eigenvalue weighted by Crippen LogP contribution is 2.65. The number of nitrogens with zero attached hydrogens (tertiary/aromatic N) is 1. The highest BCUT2D eigenvalue weighted by Gasteiger charge is 2.63. The molecule has 5 heteroatoms. The Hall–Kier alpha value is -1.10. The normalized spacial score (nSPS) is 41.2. The van der Waals surface area contributed by atoms with Crippen LogP contribution in [0.15, 0.2) is 0 Å². The van der Waals surface area contributed by atoms with Crippen molar-refractivity contribution < 1.29 is 14.3 Å². The number of rotatable bonds is 9. The molecule has 0 radical (unpaired) electrons. The lowest BCUT2D eigenvalue weighted by Gasteiger charge is -2.62. The van der Waals surface area contributed by atoms with Gasteiger partial charge in [0.2, 0.25) is 0 Å². The van der Waals surface area contributed by atoms with Crippen LogP contribution in [0.5, 0.6) is 0 Å². The maximum atomic E-state index is 12.6. The molecule has 4 fully saturated rings. The average molecular weight is 503 g/mol. The molecule has 0 spiro atoms. The number of alkyl carbamates (subject to hydrolysis) is 1. The van der Waals surface area contributed by atoms with Crippen LogP contribution in [-0.4, -0.2) is 47.6 Å². The first-order valence-electron chi connectivity index (χ1n) is 15.4. The van der Waals surface area contributed by atoms with Crippen molar-refractivity contribution in [2.75, 3.05) is 13.1 Å². The Labute approximate surface area is 220 Å². The van der Waals surface area contributed by atoms with Crippen molar-refractivity contribution in [2.45, 2.75) is 136 Å². The molecule has 0 aromatic heterocycles. The molecule has 2 heterocycles. The molecule has 9 atom stereocenters. The van der Waals surface area contributed by atoms with Crippen molar-refractivity contribution in [1.29, 1.82) is 0 Å². The van der Waals surface area contributed by atoms with Crippen molar-refractivity contribution in [1.82, 2.24) is 10.2 Å². The Morgan fingerprint density at radius 1 is 1.08 bits per heavy atom. The van der Waals surface area contributed by atoms with Crippen LogP contribution in [0, 0.1) is 35.0 Å². The summed E-state index contributed by atoms with van der Waals surface area (Å²) in [6, 6.07) is 0.0801. The molecule has 3 unspecified atom stereocenters. The van der Waals surface area contributed by atoms with Gasteiger partial charge in [-0.1, -0.05) is 52.9 Å². The van der Waals surface area contributed by atoms with E-state index in [1.165, 1.54) is 57.8 Å². The third-order valence-electron chi connectivity index (χ3n) is 11.4. The van der Waals surface area contributed by atoms with Crippen LogP contribution in [0.25, 0.3) is 0 Å². The summed E-state index contributed by atoms with van der Waals surface area (Å²) in [5, 5.41) is 3.02. The predicted octanol–water partition coefficient (Wildman–Crippen LogP) is 6.98. The number of fused-ring (bicyclic) bond motifs is 5. The van der Waals surface area contributed by atoms with E-state index in [4.69, 9.17) is 4.74 Å². The Morgan fingerprint density at radius 3 is 2.56 bits per heavy atom. The van der Waals surface area contributed by atoms with E-state index in [0.29, 0.717) is 29.5 Å². The van der Waals surface area contributed by atoms with Gasteiger partial charge < -0.3 is 10.1 Å². The summed E-state index contributed by atoms with van der Waals surface area (Å²) in [7, 11) is 0. The molecule has 2 saturated heterocycles. The third kappa shape index (κ3) is 5.12. The number of hydrogen-bond acceptors (Lipinski definition) is 4. The second kappa shape index (κ2) is 11.3. The Morgan fingerprint density at radius 2 is 1.81 bits per heavy atom. The Bertz CT molecular complexity index is 786. The predicted molar refractivity (Wildman–Crippen MR) is 146 cm³/mol. The lowest BCUT2D eigenvalue weighted by atomic mass is 9.51. The summed E-state index contributed by atoms with van der Waals surface area (Å²) in [4.78, 5) is 27.7. The van der Waals surface area contributed by atoms with Gasteiger partial charge >= 0.3 is 6.09 Å². The molecular formula is C31H54N2O3. The molecule has 4 aliphatic rings. The summed E-state index contributed by atoms with van der Waals surface area (Å²) in [5.74, 6) is 3.52. The van der Waals surface area contributed by atoms with Gasteiger partial charge in [0.1, 0.15) is 11.9 Å². The number of Topliss-reactive ketones (excluding diaryl/α,β-unsaturated/α-hetero) is 1. The van der Waals surface area contributed by atoms with Crippen LogP contribution < -0.4 is 5.32 Å². The number of ether oxygens (including phenoxy) is 1. The van der Waals surface area contributed by atoms with E-state index in [1.807, 2.05) is 0 Å². The lowest BCUT2D eigenvalue weighted by molar-refractivity contribution is -0.155. The maximum Gasteiger partial charge on any atom is 0.407 e. The highest BCUT2D eigenvalue weighted by atomic mass is 16.6. The van der Waals surface area contributed by atoms with E-state index in [2.05, 4.69) is 51.8 Å². The largest absolute Gasteiger partial charge is 0.446 e. The molecule has 1 N–H and O–H groups in total. The fourth-order valence-electron chi connectivity index (χ4n) is 9.72. The quantitative estimate of drug-likeness (QED) is 0.345. The summed E-state index contributed by atoms with van der Waals surface area (Å²) in [6.45, 7) is 15.7. The molecule has 0 bridgehead atoms. The molecule has 206 valence electrons. The smallest absolute Gasteiger partial charge is 0.407 e. The molecule has 0 aromatic rings. The Kier molecular flexibility index (Phi) is 8.79. The SMILES string of the molecule is CCCCCCCCNC(=O)OC(C)[C@H]1C(C)C[C@H]2[C@@H]3CCN4C(C)C(=O)CC[C@]4(C)[C@H]3CC[C@]12C. The van der Waals surface area contributed by atoms with Crippen LogP contribution in [0.2, 0.25) is 0 Å². The first-order valence-corrected chi connectivity index (χ1v) is 15.4. The molecule has 36 heavy (non-hydrogen) atoms. The summed E-state index contributed by atoms with van der Waals surface area (Å²) >= 11 is 0. The molecule has 2 aliphatic heterocycles. The Balaban J connectivity index is 1.35. The molecule has 2 saturated carbocycles. The van der Waals surface area contributed by atoms with Crippen LogP contribution in [0.4, 0.5) is 4.79 Å². The van der Waals surface area contributed by atoms with E-state index in [9.17, 15) is 9.59 Å². The van der Waals surface area contributed by atoms with Crippen LogP contribution >= 0.6 is 0 Å². The van der Waals surface area contributed by atoms with Gasteiger partial charge in [0.05, 0.1) is 6.04 Å². The minimum atomic E-state index is -0.231. The van der Waals surface area contributed by atoms with Gasteiger partial charge in [0, 0.05) is 24.4 Å². The van der Waals surface area contributed by atoms with Gasteiger partial charge in [0.15, 0.2) is 0 Å². The highest BCUT2D eigenvalue weighted by molar-refractivity contribution is 5.84. The van der Waals surface area contributed by atoms with Gasteiger partial charge in [-0.05, 0) is 94.9 Å². The molecule has 1 amide bonds. The van der Waals surface area contributed by atoms with Gasteiger partial charge in [-0.15, -0.1) is 0 Å². The standard InChI is InChI=1S/C31H54N2O3/c1-7-8-9-10-11-12-18-32-29(35)36-23(4)28-21(2)20-26-24-15-19-33-22(3)27(34)14-17-31(33,6)25(24)13-16-30(26,28)5/h21-26,28H,7-20H2,1-6H3,(H,32,35)/t21?,22?,23?,24-,25+,26+,28-,30+,31-/m1/s1. The number of carbonyl (C=O) groups is 2. The van der Waals surface area contributed by atoms with E-state index in [1.54, 1.807) is 0 Å². The molecule has 0 aromatic carbocycles. The fourth-order valence-corrected chi connectivity index (χ4v) is 9.72. The zero-order valence-corrected chi connectivity index (χ0v) is 24.1. The second-order valence-electron chi connectivity index (χ2n) is 13.4. The summed E-state index contributed by atoms with van der Waals surface area (Å²) in [6.07, 6.45) is 13.8. The monoisotopic (exact) mass is 502 g/mol. The fraction of sp³-hybridized carbons (Fsp3) is 0.935. The van der Waals surface area contributed by atoms with Crippen molar-refractivity contribution >= 4 is 11.9 Å². The zero-order valence-electron chi connectivity index (χ0n) is 24.1. The first kappa shape index (κ1) is 27.9. The maximum absolute atomic E-state index is 12.6. The summed E-state index contributed by atoms with van der Waals surface area (Å²) < 4.78 is 6.04. The van der Waals surface area contributed by atoms with Crippen LogP contribution in [0.3, 0.4) is 0 Å². The number of ketones is 1. The van der Waals surface area contributed by atoms with Gasteiger partial charge in [0.25, 0.3) is 0 Å². The first-order chi connectivity index (χ1) is 17.1. The minimum Gasteiger partial charge on any atom is -0.446 e. The van der Waals surface area contributed by atoms with Crippen molar-refractivity contribution in [3.8, 4) is 0 Å². The lowest BCUT2D eigenvalue weighted by Crippen LogP contribution is -2.67. The molecular weight excluding hydrogens is 448 g/mol. The molecule has 5 nitrogen and oxygen atoms in total. The summed E-state index contributed by atoms with van der Waals surface area (Å²) in [5.41, 5.74) is 0.394. The van der Waals surface area contributed by atoms with Crippen molar-refractivity contribution in [2.24, 2.45) is 35.0 Å². The van der Waals surface area contributed by atoms with E-state index in [0.717, 1.165) is 38.3 Å². The van der Waals surface area contributed by atoms with E-state index < -0.39 is 0 Å². The minimum absolute atomic E-state index is 0.0564. The van der Waals surface area contributed by atoms with Gasteiger partial charge in [-0.2, -0.15) is 0 Å². The number of piperidine rings is 2. The zero-order chi connectivity index (χ0) is 26.1. The number of hydrogen-bond donors (Lipinski definition) is 1. The number of nitrogens with one attached hydrogen (secondary N) is 1. The topological polar surface area (TPSA) is 58.6 Å². The average Bonchev–Trinajstić information content (AvgIpc) is 3.11. The van der Waals surface area contributed by atoms with Gasteiger partial charge in [-0.25, -0.2) is 4.79 Å². The van der Waals surface area contributed by atoms with Crippen LogP contribution in [0.1, 0.15) is 119 Å².